The lowest BCUT2D eigenvalue weighted by Crippen LogP contribution is -2.39. The number of carbonyl (C=O) groups excluding carboxylic acids is 1. The van der Waals surface area contributed by atoms with Gasteiger partial charge in [0.1, 0.15) is 5.01 Å². The lowest BCUT2D eigenvalue weighted by atomic mass is 9.85. The lowest BCUT2D eigenvalue weighted by molar-refractivity contribution is -0.117. The predicted octanol–water partition coefficient (Wildman–Crippen LogP) is 4.06. The minimum atomic E-state index is -0.103. The van der Waals surface area contributed by atoms with E-state index >= 15 is 0 Å². The summed E-state index contributed by atoms with van der Waals surface area (Å²) in [5.41, 5.74) is 1.09. The first-order valence-electron chi connectivity index (χ1n) is 8.81. The molecule has 1 aromatic heterocycles. The second kappa shape index (κ2) is 8.65. The minimum Gasteiger partial charge on any atom is -0.303 e. The van der Waals surface area contributed by atoms with Crippen molar-refractivity contribution in [3.05, 3.63) is 39.9 Å². The first kappa shape index (κ1) is 19.5. The number of hydrogen-bond acceptors (Lipinski definition) is 5. The quantitative estimate of drug-likeness (QED) is 0.793. The van der Waals surface area contributed by atoms with Crippen molar-refractivity contribution in [1.82, 2.24) is 15.5 Å². The van der Waals surface area contributed by atoms with Gasteiger partial charge in [-0.1, -0.05) is 47.9 Å². The van der Waals surface area contributed by atoms with Crippen LogP contribution in [0.5, 0.6) is 0 Å². The molecule has 8 heteroatoms. The maximum Gasteiger partial charge on any atom is 0.243 e. The Balaban J connectivity index is 0.00000196. The van der Waals surface area contributed by atoms with Gasteiger partial charge in [0, 0.05) is 17.5 Å². The van der Waals surface area contributed by atoms with Gasteiger partial charge >= 0.3 is 0 Å². The summed E-state index contributed by atoms with van der Waals surface area (Å²) in [6.07, 6.45) is 6.60. The number of nitrogens with zero attached hydrogens (tertiary/aromatic N) is 2. The summed E-state index contributed by atoms with van der Waals surface area (Å²) in [4.78, 5) is 12.5. The van der Waals surface area contributed by atoms with E-state index in [2.05, 4.69) is 20.8 Å². The molecule has 0 bridgehead atoms. The zero-order chi connectivity index (χ0) is 17.2. The van der Waals surface area contributed by atoms with Crippen molar-refractivity contribution in [2.24, 2.45) is 5.92 Å². The molecule has 5 nitrogen and oxygen atoms in total. The van der Waals surface area contributed by atoms with Crippen LogP contribution >= 0.6 is 35.3 Å². The van der Waals surface area contributed by atoms with E-state index < -0.39 is 0 Å². The number of hydrogen-bond donors (Lipinski definition) is 2. The van der Waals surface area contributed by atoms with Gasteiger partial charge in [-0.3, -0.25) is 10.1 Å². The Labute approximate surface area is 168 Å². The Hall–Kier alpha value is -1.21. The van der Waals surface area contributed by atoms with Crippen LogP contribution in [-0.2, 0) is 11.2 Å². The SMILES string of the molecule is Cl.O=C(Nc1nnc(Cc2cccc(Cl)c2)s1)C1CC2CCCCC2N1. The summed E-state index contributed by atoms with van der Waals surface area (Å²) in [6, 6.07) is 8.11. The van der Waals surface area contributed by atoms with Gasteiger partial charge in [-0.05, 0) is 42.9 Å². The Bertz CT molecular complexity index is 755. The van der Waals surface area contributed by atoms with E-state index in [4.69, 9.17) is 11.6 Å². The number of aromatic nitrogens is 2. The van der Waals surface area contributed by atoms with Gasteiger partial charge in [0.25, 0.3) is 0 Å². The molecule has 3 unspecified atom stereocenters. The number of halogens is 2. The van der Waals surface area contributed by atoms with Gasteiger partial charge in [0.15, 0.2) is 0 Å². The molecule has 1 saturated heterocycles. The molecule has 140 valence electrons. The van der Waals surface area contributed by atoms with Crippen LogP contribution in [0.1, 0.15) is 42.7 Å². The molecule has 2 heterocycles. The van der Waals surface area contributed by atoms with Crippen LogP contribution in [0.3, 0.4) is 0 Å². The van der Waals surface area contributed by atoms with E-state index in [0.717, 1.165) is 17.0 Å². The molecule has 2 N–H and O–H groups in total. The average Bonchev–Trinajstić information content (AvgIpc) is 3.21. The van der Waals surface area contributed by atoms with Crippen molar-refractivity contribution in [3.8, 4) is 0 Å². The second-order valence-corrected chi connectivity index (χ2v) is 8.40. The first-order chi connectivity index (χ1) is 12.2. The summed E-state index contributed by atoms with van der Waals surface area (Å²) in [5.74, 6) is 0.664. The van der Waals surface area contributed by atoms with Crippen LogP contribution < -0.4 is 10.6 Å². The maximum absolute atomic E-state index is 12.5. The highest BCUT2D eigenvalue weighted by Crippen LogP contribution is 2.33. The third kappa shape index (κ3) is 4.55. The second-order valence-electron chi connectivity index (χ2n) is 6.90. The molecule has 1 aliphatic carbocycles. The van der Waals surface area contributed by atoms with Gasteiger partial charge < -0.3 is 5.32 Å². The molecule has 26 heavy (non-hydrogen) atoms. The smallest absolute Gasteiger partial charge is 0.243 e. The Morgan fingerprint density at radius 2 is 2.15 bits per heavy atom. The molecule has 2 aliphatic rings. The van der Waals surface area contributed by atoms with Crippen molar-refractivity contribution >= 4 is 46.4 Å². The number of nitrogens with one attached hydrogen (secondary N) is 2. The van der Waals surface area contributed by atoms with Crippen LogP contribution in [0.25, 0.3) is 0 Å². The first-order valence-corrected chi connectivity index (χ1v) is 10.0. The molecule has 4 rings (SSSR count). The summed E-state index contributed by atoms with van der Waals surface area (Å²) in [5, 5.41) is 16.9. The lowest BCUT2D eigenvalue weighted by Gasteiger charge is -2.24. The summed E-state index contributed by atoms with van der Waals surface area (Å²) in [7, 11) is 0. The standard InChI is InChI=1S/C18H21ClN4OS.ClH/c19-13-6-3-4-11(8-13)9-16-22-23-18(25-16)21-17(24)15-10-12-5-1-2-7-14(12)20-15;/h3-4,6,8,12,14-15,20H,1-2,5,7,9-10H2,(H,21,23,24);1H. The molecule has 2 aromatic rings. The molecule has 3 atom stereocenters. The minimum absolute atomic E-state index is 0. The largest absolute Gasteiger partial charge is 0.303 e. The molecule has 1 aromatic carbocycles. The topological polar surface area (TPSA) is 66.9 Å². The van der Waals surface area contributed by atoms with Crippen LogP contribution in [0.15, 0.2) is 24.3 Å². The summed E-state index contributed by atoms with van der Waals surface area (Å²) in [6.45, 7) is 0. The van der Waals surface area contributed by atoms with Gasteiger partial charge in [-0.2, -0.15) is 0 Å². The highest BCUT2D eigenvalue weighted by atomic mass is 35.5. The van der Waals surface area contributed by atoms with Crippen LogP contribution in [0.2, 0.25) is 5.02 Å². The van der Waals surface area contributed by atoms with E-state index in [9.17, 15) is 4.79 Å². The van der Waals surface area contributed by atoms with Crippen molar-refractivity contribution < 1.29 is 4.79 Å². The van der Waals surface area contributed by atoms with Crippen LogP contribution in [0, 0.1) is 5.92 Å². The Morgan fingerprint density at radius 3 is 2.96 bits per heavy atom. The monoisotopic (exact) mass is 412 g/mol. The van der Waals surface area contributed by atoms with Crippen LogP contribution in [0.4, 0.5) is 5.13 Å². The third-order valence-corrected chi connectivity index (χ3v) is 6.19. The third-order valence-electron chi connectivity index (χ3n) is 5.12. The Kier molecular flexibility index (Phi) is 6.51. The molecular formula is C18H22Cl2N4OS. The molecule has 2 fully saturated rings. The van der Waals surface area contributed by atoms with Crippen LogP contribution in [-0.4, -0.2) is 28.2 Å². The van der Waals surface area contributed by atoms with Gasteiger partial charge in [-0.15, -0.1) is 22.6 Å². The molecule has 1 saturated carbocycles. The maximum atomic E-state index is 12.5. The van der Waals surface area contributed by atoms with Gasteiger partial charge in [-0.25, -0.2) is 0 Å². The molecule has 0 spiro atoms. The summed E-state index contributed by atoms with van der Waals surface area (Å²) >= 11 is 7.43. The van der Waals surface area contributed by atoms with Crippen molar-refractivity contribution in [1.29, 1.82) is 0 Å². The summed E-state index contributed by atoms with van der Waals surface area (Å²) < 4.78 is 0. The molecule has 1 aliphatic heterocycles. The number of amides is 1. The van der Waals surface area contributed by atoms with Gasteiger partial charge in [0.05, 0.1) is 6.04 Å². The van der Waals surface area contributed by atoms with E-state index in [1.54, 1.807) is 0 Å². The molecule has 1 amide bonds. The van der Waals surface area contributed by atoms with E-state index in [1.807, 2.05) is 24.3 Å². The predicted molar refractivity (Wildman–Crippen MR) is 107 cm³/mol. The van der Waals surface area contributed by atoms with Gasteiger partial charge in [0.2, 0.25) is 11.0 Å². The number of benzene rings is 1. The number of carbonyl (C=O) groups is 1. The fraction of sp³-hybridized carbons (Fsp3) is 0.500. The normalized spacial score (nSPS) is 24.6. The number of rotatable bonds is 4. The van der Waals surface area contributed by atoms with Crippen molar-refractivity contribution in [2.45, 2.75) is 50.6 Å². The molecular weight excluding hydrogens is 391 g/mol. The van der Waals surface area contributed by atoms with Crippen molar-refractivity contribution in [3.63, 3.8) is 0 Å². The number of fused-ring (bicyclic) bond motifs is 1. The fourth-order valence-electron chi connectivity index (χ4n) is 3.91. The Morgan fingerprint density at radius 1 is 1.31 bits per heavy atom. The highest BCUT2D eigenvalue weighted by molar-refractivity contribution is 7.15. The fourth-order valence-corrected chi connectivity index (χ4v) is 4.90. The average molecular weight is 413 g/mol. The zero-order valence-electron chi connectivity index (χ0n) is 14.3. The highest BCUT2D eigenvalue weighted by Gasteiger charge is 2.38. The number of anilines is 1. The van der Waals surface area contributed by atoms with E-state index in [1.165, 1.54) is 37.0 Å². The van der Waals surface area contributed by atoms with E-state index in [-0.39, 0.29) is 24.4 Å². The zero-order valence-corrected chi connectivity index (χ0v) is 16.7. The molecule has 0 radical (unpaired) electrons. The van der Waals surface area contributed by atoms with E-state index in [0.29, 0.717) is 28.5 Å². The van der Waals surface area contributed by atoms with Crippen molar-refractivity contribution in [2.75, 3.05) is 5.32 Å².